The Kier molecular flexibility index (Phi) is 22.3. The van der Waals surface area contributed by atoms with E-state index in [2.05, 4.69) is 62.6 Å². The number of rotatable bonds is 19. The quantitative estimate of drug-likeness (QED) is 0.0624. The minimum atomic E-state index is -4.22. The molecule has 0 spiro atoms. The van der Waals surface area contributed by atoms with Crippen LogP contribution in [0.2, 0.25) is 0 Å². The van der Waals surface area contributed by atoms with E-state index in [4.69, 9.17) is 4.74 Å². The van der Waals surface area contributed by atoms with Gasteiger partial charge in [0.25, 0.3) is 0 Å². The maximum atomic E-state index is 13.6. The van der Waals surface area contributed by atoms with E-state index in [1.165, 1.54) is 49.9 Å². The minimum Gasteiger partial charge on any atom is -0.465 e. The van der Waals surface area contributed by atoms with Gasteiger partial charge in [-0.25, -0.2) is 9.18 Å². The fourth-order valence-corrected chi connectivity index (χ4v) is 5.57. The number of methoxy groups -OCH3 is 1. The Bertz CT molecular complexity index is 1470. The minimum absolute atomic E-state index is 0.224. The van der Waals surface area contributed by atoms with Gasteiger partial charge in [-0.3, -0.25) is 4.90 Å². The molecule has 0 heterocycles. The first-order valence-electron chi connectivity index (χ1n) is 18.7. The number of ether oxygens (including phenoxy) is 1. The average Bonchev–Trinajstić information content (AvgIpc) is 3.14. The van der Waals surface area contributed by atoms with E-state index in [0.29, 0.717) is 11.5 Å². The van der Waals surface area contributed by atoms with E-state index < -0.39 is 11.7 Å². The highest BCUT2D eigenvalue weighted by Gasteiger charge is 2.29. The Morgan fingerprint density at radius 3 is 1.98 bits per heavy atom. The summed E-state index contributed by atoms with van der Waals surface area (Å²) >= 11 is 0. The number of halogens is 4. The molecule has 0 saturated heterocycles. The summed E-state index contributed by atoms with van der Waals surface area (Å²) in [5.41, 5.74) is 5.16. The van der Waals surface area contributed by atoms with Gasteiger partial charge in [0, 0.05) is 24.5 Å². The average molecular weight is 727 g/mol. The van der Waals surface area contributed by atoms with Gasteiger partial charge in [0.15, 0.2) is 0 Å². The topological polar surface area (TPSA) is 32.8 Å². The predicted molar refractivity (Wildman–Crippen MR) is 209 cm³/mol. The van der Waals surface area contributed by atoms with Gasteiger partial charge >= 0.3 is 12.1 Å². The summed E-state index contributed by atoms with van der Waals surface area (Å²) in [4.78, 5) is 17.5. The smallest absolute Gasteiger partial charge is 0.416 e. The normalized spacial score (nSPS) is 13.7. The van der Waals surface area contributed by atoms with E-state index in [1.54, 1.807) is 6.08 Å². The molecule has 0 radical (unpaired) electrons. The van der Waals surface area contributed by atoms with Crippen molar-refractivity contribution in [2.75, 3.05) is 33.3 Å². The first-order valence-corrected chi connectivity index (χ1v) is 18.7. The van der Waals surface area contributed by atoms with Crippen molar-refractivity contribution in [3.8, 4) is 0 Å². The van der Waals surface area contributed by atoms with Crippen LogP contribution in [-0.2, 0) is 28.5 Å². The lowest BCUT2D eigenvalue weighted by Gasteiger charge is -2.34. The van der Waals surface area contributed by atoms with Gasteiger partial charge in [-0.1, -0.05) is 95.7 Å². The molecular formula is C44H62F4N2O2. The van der Waals surface area contributed by atoms with E-state index in [-0.39, 0.29) is 11.8 Å². The number of benzene rings is 2. The van der Waals surface area contributed by atoms with Crippen LogP contribution < -0.4 is 0 Å². The molecule has 1 unspecified atom stereocenters. The highest BCUT2D eigenvalue weighted by molar-refractivity contribution is 5.92. The second-order valence-electron chi connectivity index (χ2n) is 12.8. The lowest BCUT2D eigenvalue weighted by molar-refractivity contribution is -0.137. The van der Waals surface area contributed by atoms with Gasteiger partial charge in [-0.15, -0.1) is 0 Å². The third-order valence-corrected chi connectivity index (χ3v) is 8.83. The first kappa shape index (κ1) is 46.1. The maximum Gasteiger partial charge on any atom is 0.416 e. The standard InChI is InChI=1S/C35H53FN2O2.C9H9F3/c1-9-15-30(26-31(16-10-2)35(39)40-8)34(14-6)38(25-22-29-17-19-32(36)20-18-29)33(13-5)27-37(23-11-3)24-21-28(7)12-4;1-2-7-3-5-8(6-4-7)9(10,11)12/h10,13-20,26,28H,9,11-12,21-25,27H2,1-8H3;3-6H,2H2,1H3/b16-10-,30-15-,31-26+,33-13-,34-14+;. The van der Waals surface area contributed by atoms with Gasteiger partial charge in [0.1, 0.15) is 5.82 Å². The molecule has 0 bridgehead atoms. The molecule has 0 aliphatic rings. The van der Waals surface area contributed by atoms with Crippen LogP contribution in [0.4, 0.5) is 17.6 Å². The van der Waals surface area contributed by atoms with Gasteiger partial charge in [-0.2, -0.15) is 13.2 Å². The molecule has 0 aromatic heterocycles. The molecule has 52 heavy (non-hydrogen) atoms. The molecule has 0 saturated carbocycles. The van der Waals surface area contributed by atoms with Crippen molar-refractivity contribution in [3.63, 3.8) is 0 Å². The number of aryl methyl sites for hydroxylation is 1. The van der Waals surface area contributed by atoms with Gasteiger partial charge in [0.2, 0.25) is 0 Å². The van der Waals surface area contributed by atoms with Gasteiger partial charge in [-0.05, 0) is 119 Å². The number of nitrogens with zero attached hydrogens (tertiary/aromatic N) is 2. The zero-order valence-corrected chi connectivity index (χ0v) is 33.0. The molecule has 0 amide bonds. The van der Waals surface area contributed by atoms with Gasteiger partial charge < -0.3 is 9.64 Å². The second-order valence-corrected chi connectivity index (χ2v) is 12.8. The Balaban J connectivity index is 0.000000945. The molecular weight excluding hydrogens is 664 g/mol. The van der Waals surface area contributed by atoms with Crippen molar-refractivity contribution in [2.24, 2.45) is 5.92 Å². The van der Waals surface area contributed by atoms with Crippen LogP contribution in [0.5, 0.6) is 0 Å². The van der Waals surface area contributed by atoms with Crippen LogP contribution in [0.3, 0.4) is 0 Å². The molecule has 0 fully saturated rings. The van der Waals surface area contributed by atoms with E-state index in [9.17, 15) is 22.4 Å². The third kappa shape index (κ3) is 16.6. The number of carbonyl (C=O) groups is 1. The third-order valence-electron chi connectivity index (χ3n) is 8.83. The zero-order chi connectivity index (χ0) is 39.1. The molecule has 0 aliphatic carbocycles. The van der Waals surface area contributed by atoms with Crippen molar-refractivity contribution < 1.29 is 27.1 Å². The van der Waals surface area contributed by atoms with Crippen LogP contribution in [0, 0.1) is 11.7 Å². The lowest BCUT2D eigenvalue weighted by Crippen LogP contribution is -2.36. The molecule has 288 valence electrons. The fraction of sp³-hybridized carbons (Fsp3) is 0.477. The van der Waals surface area contributed by atoms with Gasteiger partial charge in [0.05, 0.1) is 18.2 Å². The predicted octanol–water partition coefficient (Wildman–Crippen LogP) is 11.9. The summed E-state index contributed by atoms with van der Waals surface area (Å²) in [6, 6.07) is 12.0. The summed E-state index contributed by atoms with van der Waals surface area (Å²) in [5, 5.41) is 0. The first-order chi connectivity index (χ1) is 24.8. The van der Waals surface area contributed by atoms with E-state index in [0.717, 1.165) is 86.4 Å². The maximum absolute atomic E-state index is 13.6. The van der Waals surface area contributed by atoms with Crippen molar-refractivity contribution in [2.45, 2.75) is 100 Å². The van der Waals surface area contributed by atoms with Crippen LogP contribution in [0.15, 0.2) is 108 Å². The van der Waals surface area contributed by atoms with Crippen molar-refractivity contribution >= 4 is 5.97 Å². The number of hydrogen-bond donors (Lipinski definition) is 0. The molecule has 2 rings (SSSR count). The molecule has 0 aliphatic heterocycles. The number of allylic oxidation sites excluding steroid dienone is 5. The highest BCUT2D eigenvalue weighted by atomic mass is 19.4. The summed E-state index contributed by atoms with van der Waals surface area (Å²) in [6.45, 7) is 20.5. The highest BCUT2D eigenvalue weighted by Crippen LogP contribution is 2.29. The van der Waals surface area contributed by atoms with E-state index in [1.807, 2.05) is 45.1 Å². The molecule has 2 aromatic carbocycles. The van der Waals surface area contributed by atoms with Crippen molar-refractivity contribution in [1.82, 2.24) is 9.80 Å². The van der Waals surface area contributed by atoms with Crippen LogP contribution in [-0.4, -0.2) is 49.1 Å². The zero-order valence-electron chi connectivity index (χ0n) is 33.0. The van der Waals surface area contributed by atoms with Crippen LogP contribution in [0.1, 0.15) is 97.8 Å². The Hall–Kier alpha value is -3.91. The molecule has 8 heteroatoms. The number of esters is 1. The largest absolute Gasteiger partial charge is 0.465 e. The second kappa shape index (κ2) is 25.1. The summed E-state index contributed by atoms with van der Waals surface area (Å²) in [7, 11) is 1.41. The Labute approximate surface area is 311 Å². The molecule has 2 aromatic rings. The molecule has 1 atom stereocenters. The SMILES string of the molecule is CCc1ccc(C(F)(F)F)cc1.C\C=C/C(=C\C(=C\CC)C(=C/C)\N(CCc1ccc(F)cc1)/C(=C\C)CN(CCC)CCC(C)CC)C(=O)OC. The lowest BCUT2D eigenvalue weighted by atomic mass is 10.0. The number of carbonyl (C=O) groups excluding carboxylic acids is 1. The number of hydrogen-bond acceptors (Lipinski definition) is 4. The summed E-state index contributed by atoms with van der Waals surface area (Å²) < 4.78 is 54.7. The Morgan fingerprint density at radius 1 is 0.865 bits per heavy atom. The summed E-state index contributed by atoms with van der Waals surface area (Å²) in [6.07, 6.45) is 13.7. The summed E-state index contributed by atoms with van der Waals surface area (Å²) in [5.74, 6) is 0.110. The van der Waals surface area contributed by atoms with Crippen molar-refractivity contribution in [1.29, 1.82) is 0 Å². The Morgan fingerprint density at radius 2 is 1.50 bits per heavy atom. The van der Waals surface area contributed by atoms with E-state index >= 15 is 0 Å². The van der Waals surface area contributed by atoms with Crippen molar-refractivity contribution in [3.05, 3.63) is 130 Å². The molecule has 0 N–H and O–H groups in total. The molecule has 4 nitrogen and oxygen atoms in total. The van der Waals surface area contributed by atoms with Crippen LogP contribution in [0.25, 0.3) is 0 Å². The fourth-order valence-electron chi connectivity index (χ4n) is 5.57. The monoisotopic (exact) mass is 726 g/mol. The number of alkyl halides is 3. The van der Waals surface area contributed by atoms with Crippen LogP contribution >= 0.6 is 0 Å².